The molecular formula is C25H25N3O. The molecule has 146 valence electrons. The van der Waals surface area contributed by atoms with Gasteiger partial charge in [-0.05, 0) is 59.9 Å². The highest BCUT2D eigenvalue weighted by Crippen LogP contribution is 2.29. The first-order chi connectivity index (χ1) is 14.2. The first kappa shape index (κ1) is 18.9. The third-order valence-corrected chi connectivity index (χ3v) is 4.82. The van der Waals surface area contributed by atoms with Crippen LogP contribution < -0.4 is 10.1 Å². The van der Waals surface area contributed by atoms with Gasteiger partial charge in [0.25, 0.3) is 0 Å². The van der Waals surface area contributed by atoms with Gasteiger partial charge in [-0.15, -0.1) is 0 Å². The van der Waals surface area contributed by atoms with Gasteiger partial charge in [0, 0.05) is 11.9 Å². The van der Waals surface area contributed by atoms with E-state index in [4.69, 9.17) is 4.74 Å². The molecule has 1 heterocycles. The molecule has 0 fully saturated rings. The second kappa shape index (κ2) is 8.74. The maximum absolute atomic E-state index is 5.89. The number of aromatic nitrogens is 2. The Morgan fingerprint density at radius 3 is 2.31 bits per heavy atom. The maximum atomic E-state index is 5.89. The van der Waals surface area contributed by atoms with Crippen molar-refractivity contribution in [1.29, 1.82) is 0 Å². The van der Waals surface area contributed by atoms with E-state index in [1.54, 1.807) is 6.33 Å². The topological polar surface area (TPSA) is 47.0 Å². The van der Waals surface area contributed by atoms with Crippen molar-refractivity contribution >= 4 is 16.7 Å². The molecule has 4 nitrogen and oxygen atoms in total. The number of hydrogen-bond donors (Lipinski definition) is 1. The lowest BCUT2D eigenvalue weighted by Crippen LogP contribution is -2.06. The average molecular weight is 383 g/mol. The third kappa shape index (κ3) is 4.72. The summed E-state index contributed by atoms with van der Waals surface area (Å²) in [6, 6.07) is 24.3. The van der Waals surface area contributed by atoms with Crippen molar-refractivity contribution in [3.8, 4) is 22.6 Å². The Bertz CT molecular complexity index is 1080. The monoisotopic (exact) mass is 383 g/mol. The summed E-state index contributed by atoms with van der Waals surface area (Å²) in [5.41, 5.74) is 3.20. The molecule has 0 bridgehead atoms. The van der Waals surface area contributed by atoms with Crippen molar-refractivity contribution in [3.63, 3.8) is 0 Å². The largest absolute Gasteiger partial charge is 0.457 e. The fourth-order valence-corrected chi connectivity index (χ4v) is 3.20. The number of benzene rings is 3. The quantitative estimate of drug-likeness (QED) is 0.393. The molecule has 0 saturated carbocycles. The Morgan fingerprint density at radius 1 is 0.828 bits per heavy atom. The highest BCUT2D eigenvalue weighted by molar-refractivity contribution is 5.92. The number of fused-ring (bicyclic) bond motifs is 1. The summed E-state index contributed by atoms with van der Waals surface area (Å²) in [6.07, 6.45) is 2.73. The van der Waals surface area contributed by atoms with Crippen LogP contribution in [0.1, 0.15) is 20.3 Å². The normalized spacial score (nSPS) is 11.0. The minimum atomic E-state index is 0.655. The van der Waals surface area contributed by atoms with Gasteiger partial charge in [0.2, 0.25) is 0 Å². The number of rotatable bonds is 7. The summed E-state index contributed by atoms with van der Waals surface area (Å²) < 4.78 is 5.89. The van der Waals surface area contributed by atoms with Gasteiger partial charge in [0.05, 0.1) is 5.52 Å². The van der Waals surface area contributed by atoms with E-state index in [0.717, 1.165) is 52.3 Å². The average Bonchev–Trinajstić information content (AvgIpc) is 2.75. The van der Waals surface area contributed by atoms with Gasteiger partial charge in [0.15, 0.2) is 0 Å². The number of ether oxygens (including phenoxy) is 1. The number of hydrogen-bond acceptors (Lipinski definition) is 4. The van der Waals surface area contributed by atoms with Gasteiger partial charge >= 0.3 is 0 Å². The molecule has 0 aliphatic rings. The predicted octanol–water partition coefficient (Wildman–Crippen LogP) is 6.55. The van der Waals surface area contributed by atoms with Crippen LogP contribution in [-0.2, 0) is 0 Å². The summed E-state index contributed by atoms with van der Waals surface area (Å²) in [7, 11) is 0. The number of nitrogens with one attached hydrogen (secondary N) is 1. The zero-order valence-electron chi connectivity index (χ0n) is 16.8. The van der Waals surface area contributed by atoms with E-state index < -0.39 is 0 Å². The van der Waals surface area contributed by atoms with Crippen molar-refractivity contribution in [2.45, 2.75) is 20.3 Å². The molecule has 3 aromatic carbocycles. The van der Waals surface area contributed by atoms with Crippen molar-refractivity contribution in [2.24, 2.45) is 5.92 Å². The molecule has 0 amide bonds. The second-order valence-electron chi connectivity index (χ2n) is 7.50. The fourth-order valence-electron chi connectivity index (χ4n) is 3.20. The predicted molar refractivity (Wildman–Crippen MR) is 119 cm³/mol. The van der Waals surface area contributed by atoms with Crippen LogP contribution in [-0.4, -0.2) is 16.5 Å². The summed E-state index contributed by atoms with van der Waals surface area (Å²) >= 11 is 0. The first-order valence-corrected chi connectivity index (χ1v) is 10.0. The minimum absolute atomic E-state index is 0.655. The second-order valence-corrected chi connectivity index (χ2v) is 7.50. The van der Waals surface area contributed by atoms with E-state index in [0.29, 0.717) is 5.92 Å². The van der Waals surface area contributed by atoms with Gasteiger partial charge in [-0.3, -0.25) is 0 Å². The van der Waals surface area contributed by atoms with E-state index in [1.165, 1.54) is 0 Å². The lowest BCUT2D eigenvalue weighted by molar-refractivity contribution is 0.483. The zero-order chi connectivity index (χ0) is 20.1. The van der Waals surface area contributed by atoms with Gasteiger partial charge < -0.3 is 10.1 Å². The number of anilines is 1. The molecule has 29 heavy (non-hydrogen) atoms. The summed E-state index contributed by atoms with van der Waals surface area (Å²) in [5, 5.41) is 4.50. The van der Waals surface area contributed by atoms with Crippen molar-refractivity contribution in [3.05, 3.63) is 79.1 Å². The standard InChI is InChI=1S/C25H25N3O/c1-18(2)14-15-26-25-23-16-20(10-13-24(23)27-17-28-25)19-8-11-22(12-9-19)29-21-6-4-3-5-7-21/h3-13,16-18H,14-15H2,1-2H3,(H,26,27,28). The van der Waals surface area contributed by atoms with Crippen LogP contribution in [0.4, 0.5) is 5.82 Å². The van der Waals surface area contributed by atoms with Crippen molar-refractivity contribution < 1.29 is 4.74 Å². The lowest BCUT2D eigenvalue weighted by Gasteiger charge is -2.11. The molecule has 1 aromatic heterocycles. The Balaban J connectivity index is 1.57. The van der Waals surface area contributed by atoms with E-state index in [9.17, 15) is 0 Å². The van der Waals surface area contributed by atoms with Gasteiger partial charge in [0.1, 0.15) is 23.6 Å². The first-order valence-electron chi connectivity index (χ1n) is 10.0. The van der Waals surface area contributed by atoms with Gasteiger partial charge in [-0.1, -0.05) is 50.2 Å². The summed E-state index contributed by atoms with van der Waals surface area (Å²) in [4.78, 5) is 8.87. The molecular weight excluding hydrogens is 358 g/mol. The van der Waals surface area contributed by atoms with Crippen LogP contribution in [0.15, 0.2) is 79.1 Å². The van der Waals surface area contributed by atoms with E-state index in [2.05, 4.69) is 53.4 Å². The molecule has 0 unspecified atom stereocenters. The van der Waals surface area contributed by atoms with E-state index in [-0.39, 0.29) is 0 Å². The van der Waals surface area contributed by atoms with Crippen molar-refractivity contribution in [2.75, 3.05) is 11.9 Å². The molecule has 0 saturated heterocycles. The Hall–Kier alpha value is -3.40. The molecule has 0 atom stereocenters. The molecule has 0 spiro atoms. The summed E-state index contributed by atoms with van der Waals surface area (Å²) in [6.45, 7) is 5.35. The molecule has 4 aromatic rings. The molecule has 1 N–H and O–H groups in total. The molecule has 0 radical (unpaired) electrons. The molecule has 0 aliphatic carbocycles. The van der Waals surface area contributed by atoms with E-state index in [1.807, 2.05) is 48.5 Å². The Kier molecular flexibility index (Phi) is 5.71. The third-order valence-electron chi connectivity index (χ3n) is 4.82. The molecule has 4 rings (SSSR count). The Labute approximate surface area is 171 Å². The lowest BCUT2D eigenvalue weighted by atomic mass is 10.0. The Morgan fingerprint density at radius 2 is 1.55 bits per heavy atom. The van der Waals surface area contributed by atoms with Crippen LogP contribution in [0.3, 0.4) is 0 Å². The SMILES string of the molecule is CC(C)CCNc1ncnc2ccc(-c3ccc(Oc4ccccc4)cc3)cc12. The molecule has 0 aliphatic heterocycles. The minimum Gasteiger partial charge on any atom is -0.457 e. The van der Waals surface area contributed by atoms with Gasteiger partial charge in [-0.2, -0.15) is 0 Å². The summed E-state index contributed by atoms with van der Waals surface area (Å²) in [5.74, 6) is 3.20. The van der Waals surface area contributed by atoms with Crippen LogP contribution in [0.2, 0.25) is 0 Å². The maximum Gasteiger partial charge on any atom is 0.137 e. The van der Waals surface area contributed by atoms with Crippen LogP contribution >= 0.6 is 0 Å². The zero-order valence-corrected chi connectivity index (χ0v) is 16.8. The smallest absolute Gasteiger partial charge is 0.137 e. The van der Waals surface area contributed by atoms with E-state index >= 15 is 0 Å². The molecule has 4 heteroatoms. The number of para-hydroxylation sites is 1. The highest BCUT2D eigenvalue weighted by atomic mass is 16.5. The fraction of sp³-hybridized carbons (Fsp3) is 0.200. The van der Waals surface area contributed by atoms with Crippen molar-refractivity contribution in [1.82, 2.24) is 9.97 Å². The van der Waals surface area contributed by atoms with Crippen LogP contribution in [0.5, 0.6) is 11.5 Å². The van der Waals surface area contributed by atoms with Crippen LogP contribution in [0.25, 0.3) is 22.0 Å². The van der Waals surface area contributed by atoms with Crippen LogP contribution in [0, 0.1) is 5.92 Å². The van der Waals surface area contributed by atoms with Gasteiger partial charge in [-0.25, -0.2) is 9.97 Å². The number of nitrogens with zero attached hydrogens (tertiary/aromatic N) is 2. The highest BCUT2D eigenvalue weighted by Gasteiger charge is 2.07.